The number of nitrogens with zero attached hydrogens (tertiary/aromatic N) is 2. The average molecular weight is 747 g/mol. The van der Waals surface area contributed by atoms with Crippen molar-refractivity contribution >= 4 is 42.8 Å². The molecule has 0 saturated carbocycles. The van der Waals surface area contributed by atoms with Crippen LogP contribution in [0.25, 0.3) is 75.6 Å². The normalized spacial score (nSPS) is 12.0. The fourth-order valence-electron chi connectivity index (χ4n) is 8.59. The summed E-state index contributed by atoms with van der Waals surface area (Å²) in [6, 6.07) is 32.2. The fourth-order valence-corrected chi connectivity index (χ4v) is 10.9. The minimum absolute atomic E-state index is 0.812. The van der Waals surface area contributed by atoms with Gasteiger partial charge in [0.1, 0.15) is 0 Å². The van der Waals surface area contributed by atoms with Crippen molar-refractivity contribution in [3.63, 3.8) is 0 Å². The molecule has 276 valence electrons. The molecule has 0 bridgehead atoms. The highest BCUT2D eigenvalue weighted by atomic mass is 32.1. The Labute approximate surface area is 330 Å². The Balaban J connectivity index is 1.24. The molecule has 0 amide bonds. The van der Waals surface area contributed by atoms with E-state index in [1.165, 1.54) is 151 Å². The quantitative estimate of drug-likeness (QED) is 0.0867. The maximum atomic E-state index is 5.54. The van der Waals surface area contributed by atoms with Crippen LogP contribution in [0.15, 0.2) is 84.9 Å². The lowest BCUT2D eigenvalue weighted by Crippen LogP contribution is -2.01. The van der Waals surface area contributed by atoms with Crippen LogP contribution in [0.3, 0.4) is 0 Å². The number of thiophene rings is 2. The van der Waals surface area contributed by atoms with Crippen LogP contribution in [-0.4, -0.2) is 9.97 Å². The van der Waals surface area contributed by atoms with Crippen LogP contribution in [0, 0.1) is 13.8 Å². The highest BCUT2D eigenvalue weighted by molar-refractivity contribution is 7.29. The van der Waals surface area contributed by atoms with Gasteiger partial charge in [0, 0.05) is 25.4 Å². The molecule has 1 aliphatic carbocycles. The zero-order valence-corrected chi connectivity index (χ0v) is 34.3. The Morgan fingerprint density at radius 2 is 1.15 bits per heavy atom. The summed E-state index contributed by atoms with van der Waals surface area (Å²) in [7, 11) is 0. The third-order valence-electron chi connectivity index (χ3n) is 11.5. The van der Waals surface area contributed by atoms with Gasteiger partial charge in [-0.3, -0.25) is 0 Å². The van der Waals surface area contributed by atoms with Crippen molar-refractivity contribution in [1.29, 1.82) is 0 Å². The van der Waals surface area contributed by atoms with Crippen LogP contribution < -0.4 is 0 Å². The van der Waals surface area contributed by atoms with Crippen molar-refractivity contribution in [3.05, 3.63) is 106 Å². The molecule has 0 fully saturated rings. The summed E-state index contributed by atoms with van der Waals surface area (Å²) < 4.78 is 2.69. The molecule has 0 aliphatic heterocycles. The summed E-state index contributed by atoms with van der Waals surface area (Å²) in [6.45, 7) is 9.14. The number of aromatic nitrogens is 2. The Morgan fingerprint density at radius 1 is 0.500 bits per heavy atom. The smallest absolute Gasteiger partial charge is 0.160 e. The van der Waals surface area contributed by atoms with Crippen LogP contribution in [-0.2, 0) is 12.8 Å². The minimum atomic E-state index is 0.812. The molecule has 8 rings (SSSR count). The number of hydrogen-bond donors (Lipinski definition) is 0. The molecule has 0 N–H and O–H groups in total. The van der Waals surface area contributed by atoms with Crippen LogP contribution >= 0.6 is 22.7 Å². The molecule has 0 saturated heterocycles. The van der Waals surface area contributed by atoms with Crippen molar-refractivity contribution in [3.8, 4) is 55.5 Å². The molecular weight excluding hydrogens is 693 g/mol. The summed E-state index contributed by atoms with van der Waals surface area (Å²) in [5, 5.41) is 2.59. The topological polar surface area (TPSA) is 25.8 Å². The van der Waals surface area contributed by atoms with E-state index in [2.05, 4.69) is 113 Å². The van der Waals surface area contributed by atoms with Gasteiger partial charge in [0.25, 0.3) is 0 Å². The lowest BCUT2D eigenvalue weighted by molar-refractivity contribution is 0.605. The van der Waals surface area contributed by atoms with Crippen molar-refractivity contribution < 1.29 is 0 Å². The summed E-state index contributed by atoms with van der Waals surface area (Å²) in [5.41, 5.74) is 14.0. The van der Waals surface area contributed by atoms with E-state index in [9.17, 15) is 0 Å². The van der Waals surface area contributed by atoms with E-state index in [1.54, 1.807) is 0 Å². The van der Waals surface area contributed by atoms with Crippen LogP contribution in [0.1, 0.15) is 112 Å². The van der Waals surface area contributed by atoms with E-state index in [0.717, 1.165) is 35.6 Å². The molecular formula is C50H54N2S2. The van der Waals surface area contributed by atoms with Crippen molar-refractivity contribution in [2.45, 2.75) is 118 Å². The van der Waals surface area contributed by atoms with Gasteiger partial charge in [-0.1, -0.05) is 127 Å². The predicted molar refractivity (Wildman–Crippen MR) is 237 cm³/mol. The zero-order chi connectivity index (χ0) is 37.0. The number of rotatable bonds is 17. The molecule has 0 radical (unpaired) electrons. The Morgan fingerprint density at radius 3 is 1.89 bits per heavy atom. The van der Waals surface area contributed by atoms with E-state index in [-0.39, 0.29) is 0 Å². The first-order chi connectivity index (χ1) is 26.5. The van der Waals surface area contributed by atoms with E-state index < -0.39 is 0 Å². The average Bonchev–Trinajstić information content (AvgIpc) is 3.85. The van der Waals surface area contributed by atoms with Gasteiger partial charge >= 0.3 is 0 Å². The summed E-state index contributed by atoms with van der Waals surface area (Å²) in [6.07, 6.45) is 17.9. The van der Waals surface area contributed by atoms with Crippen molar-refractivity contribution in [2.75, 3.05) is 0 Å². The maximum Gasteiger partial charge on any atom is 0.160 e. The van der Waals surface area contributed by atoms with Crippen molar-refractivity contribution in [2.24, 2.45) is 0 Å². The number of aryl methyl sites for hydroxylation is 4. The summed E-state index contributed by atoms with van der Waals surface area (Å²) >= 11 is 3.74. The standard InChI is InChI=1S/C50H54N2S2/c1-5-7-9-11-13-15-20-35-29-42(36(26-33(35)3)21-16-14-12-10-8-6-2)44-31-45(46-32-48-47(54-46)27-34(4)53-48)52-50(51-44)38-28-37-22-19-25-41-39-23-17-18-24-40(39)43(30-38)49(37)41/h17-19,22-32H,5-16,20-21H2,1-4H3. The van der Waals surface area contributed by atoms with Gasteiger partial charge in [-0.15, -0.1) is 22.7 Å². The largest absolute Gasteiger partial charge is 0.228 e. The molecule has 0 unspecified atom stereocenters. The molecule has 0 spiro atoms. The summed E-state index contributed by atoms with van der Waals surface area (Å²) in [5.74, 6) is 0.812. The molecule has 4 heteroatoms. The molecule has 54 heavy (non-hydrogen) atoms. The third-order valence-corrected chi connectivity index (χ3v) is 13.7. The second kappa shape index (κ2) is 16.7. The zero-order valence-electron chi connectivity index (χ0n) is 32.7. The number of benzene rings is 4. The van der Waals surface area contributed by atoms with Gasteiger partial charge < -0.3 is 0 Å². The molecule has 3 heterocycles. The van der Waals surface area contributed by atoms with Gasteiger partial charge in [0.2, 0.25) is 0 Å². The SMILES string of the molecule is CCCCCCCCc1cc(-c2cc(-c3cc4sc(C)cc4s3)nc(-c3cc4c5c(cccc5c3)-c3ccccc3-4)n2)c(CCCCCCCC)cc1C. The van der Waals surface area contributed by atoms with Gasteiger partial charge in [0.15, 0.2) is 5.82 Å². The number of fused-ring (bicyclic) bond motifs is 4. The molecule has 4 aromatic carbocycles. The first-order valence-corrected chi connectivity index (χ1v) is 22.3. The van der Waals surface area contributed by atoms with Gasteiger partial charge in [-0.2, -0.15) is 0 Å². The number of unbranched alkanes of at least 4 members (excludes halogenated alkanes) is 10. The monoisotopic (exact) mass is 746 g/mol. The minimum Gasteiger partial charge on any atom is -0.228 e. The van der Waals surface area contributed by atoms with E-state index in [4.69, 9.17) is 9.97 Å². The second-order valence-corrected chi connectivity index (χ2v) is 18.0. The van der Waals surface area contributed by atoms with Gasteiger partial charge in [-0.05, 0) is 126 Å². The molecule has 2 nitrogen and oxygen atoms in total. The lowest BCUT2D eigenvalue weighted by Gasteiger charge is -2.17. The predicted octanol–water partition coefficient (Wildman–Crippen LogP) is 16.0. The number of hydrogen-bond acceptors (Lipinski definition) is 4. The van der Waals surface area contributed by atoms with E-state index in [1.807, 2.05) is 22.7 Å². The molecule has 0 atom stereocenters. The first kappa shape index (κ1) is 36.8. The Hall–Kier alpha value is -4.12. The summed E-state index contributed by atoms with van der Waals surface area (Å²) in [4.78, 5) is 13.5. The lowest BCUT2D eigenvalue weighted by atomic mass is 9.91. The van der Waals surface area contributed by atoms with Gasteiger partial charge in [0.05, 0.1) is 16.3 Å². The molecule has 1 aliphatic rings. The highest BCUT2D eigenvalue weighted by Gasteiger charge is 2.23. The Bertz CT molecular complexity index is 2380. The van der Waals surface area contributed by atoms with Crippen LogP contribution in [0.5, 0.6) is 0 Å². The maximum absolute atomic E-state index is 5.54. The Kier molecular flexibility index (Phi) is 11.4. The van der Waals surface area contributed by atoms with Crippen LogP contribution in [0.2, 0.25) is 0 Å². The van der Waals surface area contributed by atoms with Gasteiger partial charge in [-0.25, -0.2) is 9.97 Å². The molecule has 7 aromatic rings. The van der Waals surface area contributed by atoms with E-state index in [0.29, 0.717) is 0 Å². The van der Waals surface area contributed by atoms with E-state index >= 15 is 0 Å². The van der Waals surface area contributed by atoms with Crippen molar-refractivity contribution in [1.82, 2.24) is 9.97 Å². The van der Waals surface area contributed by atoms with Crippen LogP contribution in [0.4, 0.5) is 0 Å². The second-order valence-electron chi connectivity index (χ2n) is 15.6. The first-order valence-electron chi connectivity index (χ1n) is 20.7. The highest BCUT2D eigenvalue weighted by Crippen LogP contribution is 2.48. The molecule has 3 aromatic heterocycles. The fraction of sp³-hybridized carbons (Fsp3) is 0.360. The third kappa shape index (κ3) is 7.70.